The summed E-state index contributed by atoms with van der Waals surface area (Å²) < 4.78 is 0. The second-order valence-electron chi connectivity index (χ2n) is 7.43. The number of aryl methyl sites for hydroxylation is 1. The van der Waals surface area contributed by atoms with E-state index < -0.39 is 0 Å². The van der Waals surface area contributed by atoms with Crippen molar-refractivity contribution in [3.63, 3.8) is 0 Å². The molecule has 1 heteroatoms. The van der Waals surface area contributed by atoms with Gasteiger partial charge in [-0.05, 0) is 55.2 Å². The van der Waals surface area contributed by atoms with E-state index in [1.165, 1.54) is 49.7 Å². The first-order chi connectivity index (χ1) is 9.50. The Labute approximate surface area is 125 Å². The molecule has 20 heavy (non-hydrogen) atoms. The Morgan fingerprint density at radius 3 is 2.20 bits per heavy atom. The Morgan fingerprint density at radius 2 is 1.70 bits per heavy atom. The highest BCUT2D eigenvalue weighted by atomic mass is 14.9. The van der Waals surface area contributed by atoms with Gasteiger partial charge < -0.3 is 5.32 Å². The van der Waals surface area contributed by atoms with Crippen molar-refractivity contribution in [2.45, 2.75) is 70.8 Å². The van der Waals surface area contributed by atoms with Crippen molar-refractivity contribution in [3.05, 3.63) is 35.4 Å². The summed E-state index contributed by atoms with van der Waals surface area (Å²) in [5, 5.41) is 3.55. The Bertz CT molecular complexity index is 393. The highest BCUT2D eigenvalue weighted by molar-refractivity contribution is 5.27. The van der Waals surface area contributed by atoms with E-state index in [4.69, 9.17) is 0 Å². The van der Waals surface area contributed by atoms with Crippen molar-refractivity contribution in [2.75, 3.05) is 7.05 Å². The van der Waals surface area contributed by atoms with Gasteiger partial charge >= 0.3 is 0 Å². The lowest BCUT2D eigenvalue weighted by Gasteiger charge is -2.23. The van der Waals surface area contributed by atoms with Gasteiger partial charge in [-0.2, -0.15) is 0 Å². The molecule has 1 N–H and O–H groups in total. The standard InChI is InChI=1S/C19H31N/c1-19(2,3)17-12-9-15(10-13-17)11-14-18(20-4)16-7-5-6-8-16/h9-10,12-13,16,18,20H,5-8,11,14H2,1-4H3. The predicted molar refractivity (Wildman–Crippen MR) is 88.3 cm³/mol. The van der Waals surface area contributed by atoms with Crippen LogP contribution in [0.5, 0.6) is 0 Å². The highest BCUT2D eigenvalue weighted by Crippen LogP contribution is 2.29. The zero-order chi connectivity index (χ0) is 14.6. The summed E-state index contributed by atoms with van der Waals surface area (Å²) in [6.45, 7) is 6.83. The van der Waals surface area contributed by atoms with Crippen LogP contribution in [0.1, 0.15) is 64.0 Å². The van der Waals surface area contributed by atoms with E-state index in [2.05, 4.69) is 57.4 Å². The molecule has 1 aromatic rings. The van der Waals surface area contributed by atoms with E-state index in [9.17, 15) is 0 Å². The van der Waals surface area contributed by atoms with E-state index in [1.807, 2.05) is 0 Å². The molecule has 1 aromatic carbocycles. The van der Waals surface area contributed by atoms with Crippen LogP contribution < -0.4 is 5.32 Å². The quantitative estimate of drug-likeness (QED) is 0.820. The normalized spacial score (nSPS) is 18.4. The van der Waals surface area contributed by atoms with Gasteiger partial charge in [-0.25, -0.2) is 0 Å². The second kappa shape index (κ2) is 6.76. The molecule has 1 saturated carbocycles. The number of benzene rings is 1. The monoisotopic (exact) mass is 273 g/mol. The molecule has 1 aliphatic rings. The zero-order valence-corrected chi connectivity index (χ0v) is 13.7. The maximum absolute atomic E-state index is 3.55. The molecule has 0 aromatic heterocycles. The first-order valence-electron chi connectivity index (χ1n) is 8.27. The molecule has 1 unspecified atom stereocenters. The molecule has 0 aliphatic heterocycles. The van der Waals surface area contributed by atoms with Crippen LogP contribution in [0.2, 0.25) is 0 Å². The lowest BCUT2D eigenvalue weighted by molar-refractivity contribution is 0.360. The summed E-state index contributed by atoms with van der Waals surface area (Å²) in [5.41, 5.74) is 3.18. The summed E-state index contributed by atoms with van der Waals surface area (Å²) in [6, 6.07) is 9.96. The van der Waals surface area contributed by atoms with Gasteiger partial charge in [0.15, 0.2) is 0 Å². The van der Waals surface area contributed by atoms with Gasteiger partial charge in [0.1, 0.15) is 0 Å². The predicted octanol–water partition coefficient (Wildman–Crippen LogP) is 4.69. The fourth-order valence-corrected chi connectivity index (χ4v) is 3.47. The van der Waals surface area contributed by atoms with Crippen molar-refractivity contribution in [1.82, 2.24) is 5.32 Å². The summed E-state index contributed by atoms with van der Waals surface area (Å²) in [7, 11) is 2.13. The summed E-state index contributed by atoms with van der Waals surface area (Å²) >= 11 is 0. The van der Waals surface area contributed by atoms with Crippen LogP contribution in [0.15, 0.2) is 24.3 Å². The molecule has 1 fully saturated rings. The third-order valence-electron chi connectivity index (χ3n) is 4.90. The van der Waals surface area contributed by atoms with Crippen LogP contribution in [-0.2, 0) is 11.8 Å². The van der Waals surface area contributed by atoms with Gasteiger partial charge in [0.2, 0.25) is 0 Å². The highest BCUT2D eigenvalue weighted by Gasteiger charge is 2.23. The molecule has 0 saturated heterocycles. The summed E-state index contributed by atoms with van der Waals surface area (Å²) in [6.07, 6.45) is 8.19. The van der Waals surface area contributed by atoms with Crippen LogP contribution in [0.4, 0.5) is 0 Å². The number of hydrogen-bond donors (Lipinski definition) is 1. The van der Waals surface area contributed by atoms with Crippen molar-refractivity contribution < 1.29 is 0 Å². The van der Waals surface area contributed by atoms with Gasteiger partial charge in [-0.3, -0.25) is 0 Å². The van der Waals surface area contributed by atoms with E-state index >= 15 is 0 Å². The van der Waals surface area contributed by atoms with Crippen LogP contribution in [0, 0.1) is 5.92 Å². The average molecular weight is 273 g/mol. The lowest BCUT2D eigenvalue weighted by atomic mass is 9.86. The van der Waals surface area contributed by atoms with Gasteiger partial charge in [0.25, 0.3) is 0 Å². The number of hydrogen-bond acceptors (Lipinski definition) is 1. The summed E-state index contributed by atoms with van der Waals surface area (Å²) in [5.74, 6) is 0.911. The van der Waals surface area contributed by atoms with Gasteiger partial charge in [-0.1, -0.05) is 57.9 Å². The number of nitrogens with one attached hydrogen (secondary N) is 1. The lowest BCUT2D eigenvalue weighted by Crippen LogP contribution is -2.32. The van der Waals surface area contributed by atoms with Crippen molar-refractivity contribution in [2.24, 2.45) is 5.92 Å². The zero-order valence-electron chi connectivity index (χ0n) is 13.7. The van der Waals surface area contributed by atoms with Crippen molar-refractivity contribution in [1.29, 1.82) is 0 Å². The largest absolute Gasteiger partial charge is 0.317 e. The van der Waals surface area contributed by atoms with Gasteiger partial charge in [0, 0.05) is 6.04 Å². The first kappa shape index (κ1) is 15.6. The molecule has 0 spiro atoms. The molecular formula is C19H31N. The van der Waals surface area contributed by atoms with E-state index in [0.717, 1.165) is 5.92 Å². The molecule has 1 nitrogen and oxygen atoms in total. The Hall–Kier alpha value is -0.820. The Morgan fingerprint density at radius 1 is 1.10 bits per heavy atom. The van der Waals surface area contributed by atoms with E-state index in [-0.39, 0.29) is 5.41 Å². The van der Waals surface area contributed by atoms with Crippen LogP contribution >= 0.6 is 0 Å². The van der Waals surface area contributed by atoms with E-state index in [1.54, 1.807) is 0 Å². The van der Waals surface area contributed by atoms with Crippen LogP contribution in [0.3, 0.4) is 0 Å². The maximum Gasteiger partial charge on any atom is 0.00954 e. The molecule has 112 valence electrons. The van der Waals surface area contributed by atoms with Gasteiger partial charge in [0.05, 0.1) is 0 Å². The van der Waals surface area contributed by atoms with Gasteiger partial charge in [-0.15, -0.1) is 0 Å². The minimum atomic E-state index is 0.260. The van der Waals surface area contributed by atoms with Crippen molar-refractivity contribution >= 4 is 0 Å². The Balaban J connectivity index is 1.89. The summed E-state index contributed by atoms with van der Waals surface area (Å²) in [4.78, 5) is 0. The molecule has 1 atom stereocenters. The SMILES string of the molecule is CNC(CCc1ccc(C(C)(C)C)cc1)C1CCCC1. The minimum absolute atomic E-state index is 0.260. The Kier molecular flexibility index (Phi) is 5.26. The molecule has 2 rings (SSSR count). The fourth-order valence-electron chi connectivity index (χ4n) is 3.47. The smallest absolute Gasteiger partial charge is 0.00954 e. The van der Waals surface area contributed by atoms with E-state index in [0.29, 0.717) is 6.04 Å². The second-order valence-corrected chi connectivity index (χ2v) is 7.43. The van der Waals surface area contributed by atoms with Crippen molar-refractivity contribution in [3.8, 4) is 0 Å². The third-order valence-corrected chi connectivity index (χ3v) is 4.90. The molecular weight excluding hydrogens is 242 g/mol. The fraction of sp³-hybridized carbons (Fsp3) is 0.684. The van der Waals surface area contributed by atoms with Crippen LogP contribution in [0.25, 0.3) is 0 Å². The first-order valence-corrected chi connectivity index (χ1v) is 8.27. The molecule has 1 aliphatic carbocycles. The molecule has 0 heterocycles. The molecule has 0 bridgehead atoms. The number of rotatable bonds is 5. The van der Waals surface area contributed by atoms with Crippen LogP contribution in [-0.4, -0.2) is 13.1 Å². The molecule has 0 radical (unpaired) electrons. The minimum Gasteiger partial charge on any atom is -0.317 e. The average Bonchev–Trinajstić information content (AvgIpc) is 2.93. The maximum atomic E-state index is 3.55. The molecule has 0 amide bonds. The topological polar surface area (TPSA) is 12.0 Å². The third kappa shape index (κ3) is 4.09.